The van der Waals surface area contributed by atoms with Crippen molar-refractivity contribution in [3.63, 3.8) is 0 Å². The molecule has 4 aromatic carbocycles. The van der Waals surface area contributed by atoms with E-state index in [1.165, 1.54) is 21.0 Å². The van der Waals surface area contributed by atoms with Gasteiger partial charge in [-0.1, -0.05) is 54.6 Å². The third-order valence-electron chi connectivity index (χ3n) is 5.59. The molecule has 4 aromatic rings. The molecule has 0 fully saturated rings. The van der Waals surface area contributed by atoms with Crippen LogP contribution in [0.5, 0.6) is 0 Å². The van der Waals surface area contributed by atoms with Gasteiger partial charge in [0.2, 0.25) is 10.0 Å². The lowest BCUT2D eigenvalue weighted by Crippen LogP contribution is -2.29. The third kappa shape index (κ3) is 6.99. The molecule has 0 aromatic heterocycles. The molecule has 0 radical (unpaired) electrons. The lowest BCUT2D eigenvalue weighted by molar-refractivity contribution is 0.102. The smallest absolute Gasteiger partial charge is 0.255 e. The van der Waals surface area contributed by atoms with E-state index in [1.807, 2.05) is 67.6 Å². The Labute approximate surface area is 217 Å². The van der Waals surface area contributed by atoms with Crippen LogP contribution in [-0.4, -0.2) is 20.6 Å². The maximum atomic E-state index is 12.7. The van der Waals surface area contributed by atoms with Crippen LogP contribution in [0.1, 0.15) is 27.0 Å². The van der Waals surface area contributed by atoms with Gasteiger partial charge in [0.05, 0.1) is 18.5 Å². The molecule has 4 rings (SSSR count). The van der Waals surface area contributed by atoms with E-state index in [-0.39, 0.29) is 12.5 Å². The second kappa shape index (κ2) is 11.5. The number of sulfonamides is 1. The summed E-state index contributed by atoms with van der Waals surface area (Å²) in [7, 11) is -3.47. The Hall–Kier alpha value is -3.55. The van der Waals surface area contributed by atoms with Gasteiger partial charge < -0.3 is 5.32 Å². The largest absolute Gasteiger partial charge is 0.322 e. The molecule has 0 heterocycles. The minimum atomic E-state index is -3.47. The van der Waals surface area contributed by atoms with Gasteiger partial charge >= 0.3 is 0 Å². The lowest BCUT2D eigenvalue weighted by atomic mass is 10.1. The third-order valence-corrected chi connectivity index (χ3v) is 7.82. The van der Waals surface area contributed by atoms with Crippen molar-refractivity contribution in [2.24, 2.45) is 0 Å². The van der Waals surface area contributed by atoms with Crippen molar-refractivity contribution in [1.82, 2.24) is 0 Å². The molecule has 7 heteroatoms. The molecule has 1 amide bonds. The Morgan fingerprint density at radius 2 is 1.50 bits per heavy atom. The normalized spacial score (nSPS) is 11.2. The molecule has 184 valence electrons. The highest BCUT2D eigenvalue weighted by molar-refractivity contribution is 7.98. The average Bonchev–Trinajstić information content (AvgIpc) is 2.87. The summed E-state index contributed by atoms with van der Waals surface area (Å²) in [4.78, 5) is 14.0. The summed E-state index contributed by atoms with van der Waals surface area (Å²) in [5.41, 5.74) is 4.79. The standard InChI is InChI=1S/C29H28N2O3S2/c1-22-7-6-8-27(19-22)31(36(2,33)34)20-23-11-15-25(16-12-23)29(32)30-26-17-13-24(14-18-26)21-35-28-9-4-3-5-10-28/h3-19H,20-21H2,1-2H3,(H,30,32). The second-order valence-electron chi connectivity index (χ2n) is 8.56. The predicted octanol–water partition coefficient (Wildman–Crippen LogP) is 6.51. The highest BCUT2D eigenvalue weighted by atomic mass is 32.2. The predicted molar refractivity (Wildman–Crippen MR) is 149 cm³/mol. The topological polar surface area (TPSA) is 66.5 Å². The molecule has 36 heavy (non-hydrogen) atoms. The van der Waals surface area contributed by atoms with Crippen molar-refractivity contribution in [2.45, 2.75) is 24.1 Å². The van der Waals surface area contributed by atoms with Crippen molar-refractivity contribution in [3.05, 3.63) is 125 Å². The first-order valence-corrected chi connectivity index (χ1v) is 14.3. The van der Waals surface area contributed by atoms with Crippen LogP contribution in [0.15, 0.2) is 108 Å². The number of hydrogen-bond donors (Lipinski definition) is 1. The van der Waals surface area contributed by atoms with Crippen molar-refractivity contribution in [1.29, 1.82) is 0 Å². The zero-order valence-corrected chi connectivity index (χ0v) is 21.9. The summed E-state index contributed by atoms with van der Waals surface area (Å²) >= 11 is 1.77. The Balaban J connectivity index is 1.37. The number of aryl methyl sites for hydroxylation is 1. The maximum Gasteiger partial charge on any atom is 0.255 e. The average molecular weight is 517 g/mol. The Morgan fingerprint density at radius 1 is 0.833 bits per heavy atom. The molecular formula is C29H28N2O3S2. The molecule has 0 unspecified atom stereocenters. The second-order valence-corrected chi connectivity index (χ2v) is 11.5. The van der Waals surface area contributed by atoms with Crippen molar-refractivity contribution >= 4 is 39.1 Å². The highest BCUT2D eigenvalue weighted by Gasteiger charge is 2.18. The van der Waals surface area contributed by atoms with Crippen molar-refractivity contribution in [2.75, 3.05) is 15.9 Å². The molecule has 0 aliphatic carbocycles. The number of amides is 1. The van der Waals surface area contributed by atoms with E-state index in [4.69, 9.17) is 0 Å². The lowest BCUT2D eigenvalue weighted by Gasteiger charge is -2.23. The quantitative estimate of drug-likeness (QED) is 0.258. The molecule has 0 saturated carbocycles. The van der Waals surface area contributed by atoms with Gasteiger partial charge in [0.1, 0.15) is 0 Å². The van der Waals surface area contributed by atoms with Gasteiger partial charge in [-0.3, -0.25) is 9.10 Å². The summed E-state index contributed by atoms with van der Waals surface area (Å²) in [6.45, 7) is 2.11. The number of benzene rings is 4. The first kappa shape index (κ1) is 25.5. The van der Waals surface area contributed by atoms with Crippen LogP contribution < -0.4 is 9.62 Å². The zero-order chi connectivity index (χ0) is 25.5. The molecular weight excluding hydrogens is 488 g/mol. The molecule has 0 saturated heterocycles. The van der Waals surface area contributed by atoms with Gasteiger partial charge in [0.25, 0.3) is 5.91 Å². The Bertz CT molecular complexity index is 1420. The maximum absolute atomic E-state index is 12.7. The van der Waals surface area contributed by atoms with Gasteiger partial charge in [-0.25, -0.2) is 8.42 Å². The van der Waals surface area contributed by atoms with Crippen LogP contribution in [0.4, 0.5) is 11.4 Å². The van der Waals surface area contributed by atoms with E-state index in [0.29, 0.717) is 11.3 Å². The van der Waals surface area contributed by atoms with Crippen molar-refractivity contribution < 1.29 is 13.2 Å². The van der Waals surface area contributed by atoms with Gasteiger partial charge in [0.15, 0.2) is 0 Å². The molecule has 0 spiro atoms. The van der Waals surface area contributed by atoms with Crippen LogP contribution in [0, 0.1) is 6.92 Å². The number of nitrogens with one attached hydrogen (secondary N) is 1. The van der Waals surface area contributed by atoms with Gasteiger partial charge in [0, 0.05) is 21.9 Å². The molecule has 1 N–H and O–H groups in total. The van der Waals surface area contributed by atoms with E-state index < -0.39 is 10.0 Å². The first-order valence-electron chi connectivity index (χ1n) is 11.5. The molecule has 0 atom stereocenters. The Kier molecular flexibility index (Phi) is 8.13. The van der Waals surface area contributed by atoms with Crippen LogP contribution in [0.3, 0.4) is 0 Å². The fourth-order valence-corrected chi connectivity index (χ4v) is 5.44. The van der Waals surface area contributed by atoms with Crippen LogP contribution in [0.2, 0.25) is 0 Å². The van der Waals surface area contributed by atoms with E-state index in [9.17, 15) is 13.2 Å². The summed E-state index contributed by atoms with van der Waals surface area (Å²) in [5.74, 6) is 0.638. The molecule has 5 nitrogen and oxygen atoms in total. The minimum absolute atomic E-state index is 0.187. The number of hydrogen-bond acceptors (Lipinski definition) is 4. The fraction of sp³-hybridized carbons (Fsp3) is 0.138. The summed E-state index contributed by atoms with van der Waals surface area (Å²) in [6.07, 6.45) is 1.20. The highest BCUT2D eigenvalue weighted by Crippen LogP contribution is 2.24. The van der Waals surface area contributed by atoms with Crippen LogP contribution in [0.25, 0.3) is 0 Å². The zero-order valence-electron chi connectivity index (χ0n) is 20.2. The van der Waals surface area contributed by atoms with E-state index >= 15 is 0 Å². The Morgan fingerprint density at radius 3 is 2.14 bits per heavy atom. The number of carbonyl (C=O) groups is 1. The van der Waals surface area contributed by atoms with Gasteiger partial charge in [-0.05, 0) is 72.1 Å². The number of carbonyl (C=O) groups excluding carboxylic acids is 1. The summed E-state index contributed by atoms with van der Waals surface area (Å²) < 4.78 is 26.2. The van der Waals surface area contributed by atoms with Gasteiger partial charge in [-0.15, -0.1) is 11.8 Å². The number of thioether (sulfide) groups is 1. The number of anilines is 2. The molecule has 0 bridgehead atoms. The SMILES string of the molecule is Cc1cccc(N(Cc2ccc(C(=O)Nc3ccc(CSc4ccccc4)cc3)cc2)S(C)(=O)=O)c1. The first-order chi connectivity index (χ1) is 17.3. The summed E-state index contributed by atoms with van der Waals surface area (Å²) in [5, 5.41) is 2.92. The van der Waals surface area contributed by atoms with Crippen LogP contribution in [-0.2, 0) is 22.3 Å². The van der Waals surface area contributed by atoms with E-state index in [0.717, 1.165) is 22.6 Å². The molecule has 0 aliphatic rings. The number of nitrogens with zero attached hydrogens (tertiary/aromatic N) is 1. The van der Waals surface area contributed by atoms with E-state index in [1.54, 1.807) is 42.1 Å². The monoisotopic (exact) mass is 516 g/mol. The minimum Gasteiger partial charge on any atom is -0.322 e. The van der Waals surface area contributed by atoms with Crippen molar-refractivity contribution in [3.8, 4) is 0 Å². The van der Waals surface area contributed by atoms with Gasteiger partial charge in [-0.2, -0.15) is 0 Å². The summed E-state index contributed by atoms with van der Waals surface area (Å²) in [6, 6.07) is 32.5. The number of rotatable bonds is 9. The molecule has 0 aliphatic heterocycles. The van der Waals surface area contributed by atoms with Crippen LogP contribution >= 0.6 is 11.8 Å². The van der Waals surface area contributed by atoms with E-state index in [2.05, 4.69) is 17.4 Å². The fourth-order valence-electron chi connectivity index (χ4n) is 3.68.